The van der Waals surface area contributed by atoms with Gasteiger partial charge in [0.25, 0.3) is 0 Å². The van der Waals surface area contributed by atoms with Crippen LogP contribution in [0.5, 0.6) is 0 Å². The fourth-order valence-corrected chi connectivity index (χ4v) is 5.21. The Morgan fingerprint density at radius 2 is 1.19 bits per heavy atom. The van der Waals surface area contributed by atoms with Gasteiger partial charge in [0.15, 0.2) is 0 Å². The van der Waals surface area contributed by atoms with E-state index in [4.69, 9.17) is 22.9 Å². The third kappa shape index (κ3) is 11.0. The molecule has 14 nitrogen and oxygen atoms in total. The summed E-state index contributed by atoms with van der Waals surface area (Å²) in [5.74, 6) is 3.08. The van der Waals surface area contributed by atoms with E-state index in [0.717, 1.165) is 45.8 Å². The SMILES string of the molecule is Cc1[nH]cnc1CSCCN(CCCN(CCSCc1nc[nH]c1C)C(N)=NC(N)=O)C(N)=NC(N)=O. The molecule has 0 spiro atoms. The summed E-state index contributed by atoms with van der Waals surface area (Å²) in [5.41, 5.74) is 26.5. The number of thioether (sulfide) groups is 2. The minimum absolute atomic E-state index is 0.0549. The van der Waals surface area contributed by atoms with E-state index in [9.17, 15) is 9.59 Å². The van der Waals surface area contributed by atoms with Gasteiger partial charge in [-0.25, -0.2) is 19.6 Å². The summed E-state index contributed by atoms with van der Waals surface area (Å²) >= 11 is 3.39. The van der Waals surface area contributed by atoms with E-state index in [1.165, 1.54) is 0 Å². The van der Waals surface area contributed by atoms with E-state index in [0.29, 0.717) is 32.6 Å². The average Bonchev–Trinajstić information content (AvgIpc) is 3.43. The third-order valence-electron chi connectivity index (χ3n) is 5.31. The van der Waals surface area contributed by atoms with Gasteiger partial charge in [-0.1, -0.05) is 0 Å². The Morgan fingerprint density at radius 3 is 1.51 bits per heavy atom. The maximum Gasteiger partial charge on any atom is 0.341 e. The van der Waals surface area contributed by atoms with Crippen molar-refractivity contribution in [3.05, 3.63) is 35.4 Å². The van der Waals surface area contributed by atoms with Gasteiger partial charge in [0, 0.05) is 60.6 Å². The zero-order valence-corrected chi connectivity index (χ0v) is 22.8. The van der Waals surface area contributed by atoms with Gasteiger partial charge in [-0.05, 0) is 20.3 Å². The van der Waals surface area contributed by atoms with E-state index in [-0.39, 0.29) is 11.9 Å². The van der Waals surface area contributed by atoms with E-state index >= 15 is 0 Å². The number of H-pyrrole nitrogens is 2. The summed E-state index contributed by atoms with van der Waals surface area (Å²) in [4.78, 5) is 48.2. The molecular weight excluding hydrogens is 516 g/mol. The van der Waals surface area contributed by atoms with Gasteiger partial charge < -0.3 is 42.7 Å². The maximum absolute atomic E-state index is 11.3. The van der Waals surface area contributed by atoms with E-state index in [1.54, 1.807) is 46.0 Å². The first kappa shape index (κ1) is 29.8. The lowest BCUT2D eigenvalue weighted by molar-refractivity contribution is 0.255. The lowest BCUT2D eigenvalue weighted by Crippen LogP contribution is -2.44. The average molecular weight is 553 g/mol. The molecule has 10 N–H and O–H groups in total. The number of nitrogens with zero attached hydrogens (tertiary/aromatic N) is 6. The standard InChI is InChI=1S/C21H36N12O2S2/c1-14-16(28-12-26-14)10-36-8-6-32(18(22)30-20(24)34)4-3-5-33(19(23)31-21(25)35)7-9-37-11-17-15(2)27-13-29-17/h12-13H,3-11H2,1-2H3,(H,26,28)(H,27,29)(H4,22,24,30,34)(H4,23,25,31,35). The lowest BCUT2D eigenvalue weighted by atomic mass is 10.3. The van der Waals surface area contributed by atoms with Crippen molar-refractivity contribution >= 4 is 47.5 Å². The molecular formula is C21H36N12O2S2. The molecule has 0 fully saturated rings. The van der Waals surface area contributed by atoms with Crippen molar-refractivity contribution in [2.24, 2.45) is 32.9 Å². The summed E-state index contributed by atoms with van der Waals surface area (Å²) in [6.45, 7) is 6.04. The molecule has 0 unspecified atom stereocenters. The number of amides is 4. The lowest BCUT2D eigenvalue weighted by Gasteiger charge is -2.27. The highest BCUT2D eigenvalue weighted by atomic mass is 32.2. The molecule has 0 aliphatic carbocycles. The molecule has 0 radical (unpaired) electrons. The van der Waals surface area contributed by atoms with E-state index < -0.39 is 12.1 Å². The topological polar surface area (TPSA) is 227 Å². The first-order valence-corrected chi connectivity index (χ1v) is 13.9. The summed E-state index contributed by atoms with van der Waals surface area (Å²) in [6, 6.07) is -1.71. The molecule has 0 aliphatic rings. The molecule has 2 heterocycles. The smallest absolute Gasteiger partial charge is 0.341 e. The molecule has 4 amide bonds. The first-order valence-electron chi connectivity index (χ1n) is 11.6. The van der Waals surface area contributed by atoms with Crippen LogP contribution in [0.4, 0.5) is 9.59 Å². The molecule has 0 saturated heterocycles. The Morgan fingerprint density at radius 1 is 0.784 bits per heavy atom. The first-order chi connectivity index (χ1) is 17.7. The van der Waals surface area contributed by atoms with E-state index in [1.807, 2.05) is 13.8 Å². The second-order valence-corrected chi connectivity index (χ2v) is 10.2. The normalized spacial score (nSPS) is 12.1. The van der Waals surface area contributed by atoms with Crippen molar-refractivity contribution in [2.45, 2.75) is 31.8 Å². The highest BCUT2D eigenvalue weighted by Gasteiger charge is 2.14. The van der Waals surface area contributed by atoms with Crippen LogP contribution in [0.2, 0.25) is 0 Å². The van der Waals surface area contributed by atoms with Crippen LogP contribution in [0.15, 0.2) is 22.6 Å². The summed E-state index contributed by atoms with van der Waals surface area (Å²) in [7, 11) is 0. The number of hydrogen-bond donors (Lipinski definition) is 6. The number of carbonyl (C=O) groups excluding carboxylic acids is 2. The molecule has 0 saturated carbocycles. The van der Waals surface area contributed by atoms with Crippen LogP contribution in [0, 0.1) is 13.8 Å². The minimum Gasteiger partial charge on any atom is -0.369 e. The van der Waals surface area contributed by atoms with Gasteiger partial charge in [-0.2, -0.15) is 33.5 Å². The van der Waals surface area contributed by atoms with Crippen LogP contribution in [0.25, 0.3) is 0 Å². The molecule has 37 heavy (non-hydrogen) atoms. The number of aliphatic imine (C=N–C) groups is 2. The number of urea groups is 2. The molecule has 2 rings (SSSR count). The predicted octanol–water partition coefficient (Wildman–Crippen LogP) is 0.697. The Bertz CT molecular complexity index is 985. The van der Waals surface area contributed by atoms with Crippen LogP contribution in [0.3, 0.4) is 0 Å². The third-order valence-corrected chi connectivity index (χ3v) is 7.21. The Labute approximate surface area is 224 Å². The quantitative estimate of drug-likeness (QED) is 0.109. The highest BCUT2D eigenvalue weighted by molar-refractivity contribution is 7.98. The van der Waals surface area contributed by atoms with Crippen molar-refractivity contribution in [3.8, 4) is 0 Å². The highest BCUT2D eigenvalue weighted by Crippen LogP contribution is 2.14. The number of aromatic amines is 2. The van der Waals surface area contributed by atoms with Crippen LogP contribution in [-0.4, -0.2) is 91.4 Å². The van der Waals surface area contributed by atoms with Crippen LogP contribution < -0.4 is 22.9 Å². The number of guanidine groups is 2. The van der Waals surface area contributed by atoms with Crippen molar-refractivity contribution in [3.63, 3.8) is 0 Å². The fraction of sp³-hybridized carbons (Fsp3) is 0.524. The summed E-state index contributed by atoms with van der Waals surface area (Å²) < 4.78 is 0. The van der Waals surface area contributed by atoms with Crippen LogP contribution in [-0.2, 0) is 11.5 Å². The number of imidazole rings is 2. The fourth-order valence-electron chi connectivity index (χ4n) is 3.25. The van der Waals surface area contributed by atoms with E-state index in [2.05, 4.69) is 29.9 Å². The number of nitrogens with one attached hydrogen (secondary N) is 2. The molecule has 0 aliphatic heterocycles. The molecule has 0 atom stereocenters. The molecule has 2 aromatic heterocycles. The molecule has 0 aromatic carbocycles. The second kappa shape index (κ2) is 15.7. The molecule has 0 bridgehead atoms. The number of hydrogen-bond acceptors (Lipinski definition) is 6. The van der Waals surface area contributed by atoms with Gasteiger partial charge in [-0.15, -0.1) is 0 Å². The summed E-state index contributed by atoms with van der Waals surface area (Å²) in [6.07, 6.45) is 3.95. The van der Waals surface area contributed by atoms with Crippen molar-refractivity contribution in [1.82, 2.24) is 29.7 Å². The zero-order valence-electron chi connectivity index (χ0n) is 21.1. The number of primary amides is 2. The van der Waals surface area contributed by atoms with Gasteiger partial charge in [-0.3, -0.25) is 0 Å². The van der Waals surface area contributed by atoms with Crippen molar-refractivity contribution < 1.29 is 9.59 Å². The predicted molar refractivity (Wildman–Crippen MR) is 149 cm³/mol. The zero-order chi connectivity index (χ0) is 27.2. The molecule has 204 valence electrons. The van der Waals surface area contributed by atoms with Gasteiger partial charge in [0.1, 0.15) is 0 Å². The number of aromatic nitrogens is 4. The van der Waals surface area contributed by atoms with Crippen molar-refractivity contribution in [1.29, 1.82) is 0 Å². The minimum atomic E-state index is -0.856. The summed E-state index contributed by atoms with van der Waals surface area (Å²) in [5, 5.41) is 0. The Kier molecular flexibility index (Phi) is 12.6. The monoisotopic (exact) mass is 552 g/mol. The number of nitrogens with two attached hydrogens (primary N) is 4. The van der Waals surface area contributed by atoms with Gasteiger partial charge >= 0.3 is 12.1 Å². The van der Waals surface area contributed by atoms with Crippen LogP contribution in [0.1, 0.15) is 29.2 Å². The Balaban J connectivity index is 1.90. The number of aryl methyl sites for hydroxylation is 2. The second-order valence-electron chi connectivity index (χ2n) is 8.00. The maximum atomic E-state index is 11.3. The van der Waals surface area contributed by atoms with Crippen LogP contribution >= 0.6 is 23.5 Å². The largest absolute Gasteiger partial charge is 0.369 e. The van der Waals surface area contributed by atoms with Crippen molar-refractivity contribution in [2.75, 3.05) is 37.7 Å². The molecule has 2 aromatic rings. The molecule has 16 heteroatoms. The number of rotatable bonds is 14. The van der Waals surface area contributed by atoms with Gasteiger partial charge in [0.05, 0.1) is 24.0 Å². The number of carbonyl (C=O) groups is 2. The van der Waals surface area contributed by atoms with Gasteiger partial charge in [0.2, 0.25) is 11.9 Å². The Hall–Kier alpha value is -3.40.